The first-order valence-corrected chi connectivity index (χ1v) is 8.32. The standard InChI is InChI=1S/C12H12Br4O2/c1-8(17)18-11(2,12(14,15)16)7-9-5-3-4-6-10(9)13/h3-6H,7H2,1-2H3. The molecular weight excluding hydrogens is 496 g/mol. The molecule has 2 nitrogen and oxygen atoms in total. The SMILES string of the molecule is CC(=O)OC(C)(Cc1ccccc1Br)C(Br)(Br)Br. The molecule has 0 bridgehead atoms. The highest BCUT2D eigenvalue weighted by atomic mass is 80.0. The van der Waals surface area contributed by atoms with Crippen LogP contribution >= 0.6 is 63.7 Å². The topological polar surface area (TPSA) is 26.3 Å². The molecule has 0 amide bonds. The molecule has 100 valence electrons. The van der Waals surface area contributed by atoms with Crippen molar-refractivity contribution in [1.82, 2.24) is 0 Å². The number of esters is 1. The molecule has 0 saturated heterocycles. The lowest BCUT2D eigenvalue weighted by Gasteiger charge is -2.36. The molecular formula is C12H12Br4O2. The Morgan fingerprint density at radius 2 is 1.83 bits per heavy atom. The highest BCUT2D eigenvalue weighted by molar-refractivity contribution is 9.39. The van der Waals surface area contributed by atoms with Gasteiger partial charge in [-0.1, -0.05) is 81.9 Å². The average molecular weight is 508 g/mol. The molecule has 0 aromatic heterocycles. The Balaban J connectivity index is 3.07. The van der Waals surface area contributed by atoms with Gasteiger partial charge in [0, 0.05) is 17.8 Å². The molecule has 0 aliphatic rings. The smallest absolute Gasteiger partial charge is 0.303 e. The Kier molecular flexibility index (Phi) is 5.90. The first-order chi connectivity index (χ1) is 8.16. The Labute approximate surface area is 140 Å². The Morgan fingerprint density at radius 3 is 2.28 bits per heavy atom. The third kappa shape index (κ3) is 4.32. The lowest BCUT2D eigenvalue weighted by Crippen LogP contribution is -2.45. The minimum Gasteiger partial charge on any atom is -0.456 e. The van der Waals surface area contributed by atoms with Gasteiger partial charge in [-0.3, -0.25) is 4.79 Å². The molecule has 0 radical (unpaired) electrons. The minimum absolute atomic E-state index is 0.327. The van der Waals surface area contributed by atoms with Gasteiger partial charge >= 0.3 is 5.97 Å². The normalized spacial score (nSPS) is 15.0. The van der Waals surface area contributed by atoms with Crippen LogP contribution in [-0.4, -0.2) is 13.7 Å². The number of alkyl halides is 3. The van der Waals surface area contributed by atoms with Crippen molar-refractivity contribution in [3.8, 4) is 0 Å². The van der Waals surface area contributed by atoms with Gasteiger partial charge < -0.3 is 4.74 Å². The largest absolute Gasteiger partial charge is 0.456 e. The van der Waals surface area contributed by atoms with Crippen molar-refractivity contribution in [2.24, 2.45) is 0 Å². The second-order valence-electron chi connectivity index (χ2n) is 4.09. The zero-order chi connectivity index (χ0) is 14.0. The lowest BCUT2D eigenvalue weighted by molar-refractivity contribution is -0.153. The first-order valence-electron chi connectivity index (χ1n) is 5.15. The molecule has 0 spiro atoms. The van der Waals surface area contributed by atoms with E-state index in [-0.39, 0.29) is 5.97 Å². The number of rotatable bonds is 3. The van der Waals surface area contributed by atoms with Crippen LogP contribution in [0.3, 0.4) is 0 Å². The summed E-state index contributed by atoms with van der Waals surface area (Å²) >= 11 is 13.9. The number of halogens is 4. The van der Waals surface area contributed by atoms with Gasteiger partial charge in [-0.25, -0.2) is 0 Å². The summed E-state index contributed by atoms with van der Waals surface area (Å²) in [5.41, 5.74) is 0.284. The summed E-state index contributed by atoms with van der Waals surface area (Å²) in [6, 6.07) is 7.85. The predicted octanol–water partition coefficient (Wildman–Crippen LogP) is 5.15. The summed E-state index contributed by atoms with van der Waals surface area (Å²) in [4.78, 5) is 11.3. The Bertz CT molecular complexity index is 442. The molecule has 0 N–H and O–H groups in total. The van der Waals surface area contributed by atoms with Crippen molar-refractivity contribution >= 4 is 69.7 Å². The molecule has 0 aliphatic heterocycles. The maximum atomic E-state index is 11.3. The van der Waals surface area contributed by atoms with Crippen LogP contribution in [0.15, 0.2) is 28.7 Å². The highest BCUT2D eigenvalue weighted by Crippen LogP contribution is 2.48. The molecule has 0 aliphatic carbocycles. The number of ether oxygens (including phenoxy) is 1. The van der Waals surface area contributed by atoms with Gasteiger partial charge in [-0.2, -0.15) is 0 Å². The van der Waals surface area contributed by atoms with Crippen molar-refractivity contribution < 1.29 is 9.53 Å². The maximum Gasteiger partial charge on any atom is 0.303 e. The monoisotopic (exact) mass is 504 g/mol. The minimum atomic E-state index is -0.775. The fourth-order valence-corrected chi connectivity index (χ4v) is 2.60. The zero-order valence-electron chi connectivity index (χ0n) is 9.84. The van der Waals surface area contributed by atoms with Gasteiger partial charge in [-0.15, -0.1) is 0 Å². The van der Waals surface area contributed by atoms with Gasteiger partial charge in [0.05, 0.1) is 0 Å². The molecule has 1 aromatic carbocycles. The lowest BCUT2D eigenvalue weighted by atomic mass is 9.98. The molecule has 1 atom stereocenters. The van der Waals surface area contributed by atoms with Crippen LogP contribution in [0, 0.1) is 0 Å². The van der Waals surface area contributed by atoms with E-state index in [0.29, 0.717) is 6.42 Å². The van der Waals surface area contributed by atoms with E-state index in [4.69, 9.17) is 4.74 Å². The molecule has 0 heterocycles. The van der Waals surface area contributed by atoms with Crippen molar-refractivity contribution in [2.75, 3.05) is 0 Å². The van der Waals surface area contributed by atoms with Crippen molar-refractivity contribution in [3.05, 3.63) is 34.3 Å². The van der Waals surface area contributed by atoms with E-state index < -0.39 is 7.74 Å². The molecule has 1 unspecified atom stereocenters. The van der Waals surface area contributed by atoms with E-state index in [1.807, 2.05) is 31.2 Å². The van der Waals surface area contributed by atoms with Crippen LogP contribution in [0.1, 0.15) is 19.4 Å². The second kappa shape index (κ2) is 6.37. The van der Waals surface area contributed by atoms with Gasteiger partial charge in [0.15, 0.2) is 2.14 Å². The fraction of sp³-hybridized carbons (Fsp3) is 0.417. The van der Waals surface area contributed by atoms with E-state index in [1.165, 1.54) is 6.92 Å². The van der Waals surface area contributed by atoms with Crippen molar-refractivity contribution in [2.45, 2.75) is 28.0 Å². The average Bonchev–Trinajstić information content (AvgIpc) is 2.18. The van der Waals surface area contributed by atoms with E-state index in [9.17, 15) is 4.79 Å². The van der Waals surface area contributed by atoms with Gasteiger partial charge in [0.25, 0.3) is 0 Å². The fourth-order valence-electron chi connectivity index (χ4n) is 1.52. The van der Waals surface area contributed by atoms with Crippen LogP contribution in [0.4, 0.5) is 0 Å². The van der Waals surface area contributed by atoms with Gasteiger partial charge in [0.2, 0.25) is 0 Å². The number of hydrogen-bond donors (Lipinski definition) is 0. The summed E-state index contributed by atoms with van der Waals surface area (Å²) in [5.74, 6) is -0.327. The highest BCUT2D eigenvalue weighted by Gasteiger charge is 2.46. The van der Waals surface area contributed by atoms with E-state index in [1.54, 1.807) is 0 Å². The molecule has 0 fully saturated rings. The van der Waals surface area contributed by atoms with Crippen LogP contribution in [0.5, 0.6) is 0 Å². The maximum absolute atomic E-state index is 11.3. The Hall–Kier alpha value is 0.610. The summed E-state index contributed by atoms with van der Waals surface area (Å²) in [7, 11) is 0. The zero-order valence-corrected chi connectivity index (χ0v) is 16.2. The third-order valence-corrected chi connectivity index (χ3v) is 5.74. The molecule has 1 aromatic rings. The summed E-state index contributed by atoms with van der Waals surface area (Å²) < 4.78 is 5.75. The van der Waals surface area contributed by atoms with E-state index in [0.717, 1.165) is 10.0 Å². The number of benzene rings is 1. The molecule has 6 heteroatoms. The summed E-state index contributed by atoms with van der Waals surface area (Å²) in [6.45, 7) is 3.25. The summed E-state index contributed by atoms with van der Waals surface area (Å²) in [6.07, 6.45) is 0.551. The van der Waals surface area contributed by atoms with Gasteiger partial charge in [0.1, 0.15) is 5.60 Å². The van der Waals surface area contributed by atoms with E-state index in [2.05, 4.69) is 63.7 Å². The second-order valence-corrected chi connectivity index (χ2v) is 11.7. The summed E-state index contributed by atoms with van der Waals surface area (Å²) in [5, 5.41) is 0. The van der Waals surface area contributed by atoms with Crippen molar-refractivity contribution in [3.63, 3.8) is 0 Å². The molecule has 0 saturated carbocycles. The predicted molar refractivity (Wildman–Crippen MR) is 87.5 cm³/mol. The van der Waals surface area contributed by atoms with Crippen LogP contribution < -0.4 is 0 Å². The van der Waals surface area contributed by atoms with Crippen LogP contribution in [0.25, 0.3) is 0 Å². The molecule has 18 heavy (non-hydrogen) atoms. The van der Waals surface area contributed by atoms with Crippen molar-refractivity contribution in [1.29, 1.82) is 0 Å². The van der Waals surface area contributed by atoms with Crippen LogP contribution in [-0.2, 0) is 16.0 Å². The molecule has 1 rings (SSSR count). The third-order valence-electron chi connectivity index (χ3n) is 2.45. The van der Waals surface area contributed by atoms with Crippen LogP contribution in [0.2, 0.25) is 0 Å². The number of carbonyl (C=O) groups is 1. The Morgan fingerprint density at radius 1 is 1.28 bits per heavy atom. The number of hydrogen-bond acceptors (Lipinski definition) is 2. The van der Waals surface area contributed by atoms with E-state index >= 15 is 0 Å². The number of carbonyl (C=O) groups excluding carboxylic acids is 1. The quantitative estimate of drug-likeness (QED) is 0.418. The van der Waals surface area contributed by atoms with Gasteiger partial charge in [-0.05, 0) is 18.6 Å². The first kappa shape index (κ1) is 16.7.